The predicted molar refractivity (Wildman–Crippen MR) is 80.0 cm³/mol. The second kappa shape index (κ2) is 6.36. The molecule has 4 nitrogen and oxygen atoms in total. The normalized spacial score (nSPS) is 22.8. The maximum Gasteiger partial charge on any atom is 0.306 e. The molecule has 0 aromatic heterocycles. The molecular formula is C14H16INO3. The van der Waals surface area contributed by atoms with Crippen LogP contribution in [0.4, 0.5) is 0 Å². The van der Waals surface area contributed by atoms with Crippen LogP contribution in [0.1, 0.15) is 36.0 Å². The van der Waals surface area contributed by atoms with Crippen LogP contribution < -0.4 is 5.32 Å². The van der Waals surface area contributed by atoms with E-state index in [2.05, 4.69) is 27.9 Å². The standard InChI is InChI=1S/C14H16INO3/c15-12-7-2-1-6-11(12)13(17)16-10-5-3-4-9(8-10)14(18)19/h1-2,6-7,9-10H,3-5,8H2,(H,16,17)(H,18,19). The van der Waals surface area contributed by atoms with Crippen LogP contribution in [0.15, 0.2) is 24.3 Å². The lowest BCUT2D eigenvalue weighted by Gasteiger charge is -2.27. The number of carbonyl (C=O) groups is 2. The number of halogens is 1. The highest BCUT2D eigenvalue weighted by atomic mass is 127. The van der Waals surface area contributed by atoms with Crippen LogP contribution in [-0.4, -0.2) is 23.0 Å². The molecule has 5 heteroatoms. The molecule has 0 bridgehead atoms. The van der Waals surface area contributed by atoms with Gasteiger partial charge in [0.2, 0.25) is 0 Å². The lowest BCUT2D eigenvalue weighted by molar-refractivity contribution is -0.143. The van der Waals surface area contributed by atoms with Gasteiger partial charge in [-0.1, -0.05) is 18.6 Å². The molecule has 0 aliphatic heterocycles. The van der Waals surface area contributed by atoms with Gasteiger partial charge < -0.3 is 10.4 Å². The van der Waals surface area contributed by atoms with Gasteiger partial charge in [0.15, 0.2) is 0 Å². The highest BCUT2D eigenvalue weighted by Crippen LogP contribution is 2.25. The fourth-order valence-corrected chi connectivity index (χ4v) is 3.09. The van der Waals surface area contributed by atoms with E-state index in [1.54, 1.807) is 6.07 Å². The van der Waals surface area contributed by atoms with Crippen molar-refractivity contribution >= 4 is 34.5 Å². The monoisotopic (exact) mass is 373 g/mol. The van der Waals surface area contributed by atoms with Gasteiger partial charge >= 0.3 is 5.97 Å². The van der Waals surface area contributed by atoms with Crippen molar-refractivity contribution < 1.29 is 14.7 Å². The van der Waals surface area contributed by atoms with Crippen molar-refractivity contribution in [2.45, 2.75) is 31.7 Å². The number of carbonyl (C=O) groups excluding carboxylic acids is 1. The van der Waals surface area contributed by atoms with Crippen LogP contribution in [0.2, 0.25) is 0 Å². The molecule has 2 N–H and O–H groups in total. The summed E-state index contributed by atoms with van der Waals surface area (Å²) < 4.78 is 0.906. The molecule has 19 heavy (non-hydrogen) atoms. The quantitative estimate of drug-likeness (QED) is 0.801. The minimum absolute atomic E-state index is 0.0293. The molecule has 102 valence electrons. The summed E-state index contributed by atoms with van der Waals surface area (Å²) in [4.78, 5) is 23.1. The van der Waals surface area contributed by atoms with E-state index in [9.17, 15) is 9.59 Å². The van der Waals surface area contributed by atoms with Crippen molar-refractivity contribution in [2.24, 2.45) is 5.92 Å². The minimum atomic E-state index is -0.756. The van der Waals surface area contributed by atoms with Gasteiger partial charge in [0, 0.05) is 9.61 Å². The van der Waals surface area contributed by atoms with Crippen LogP contribution in [0.5, 0.6) is 0 Å². The Morgan fingerprint density at radius 1 is 1.26 bits per heavy atom. The Bertz CT molecular complexity index is 489. The first-order valence-corrected chi connectivity index (χ1v) is 7.44. The molecular weight excluding hydrogens is 357 g/mol. The van der Waals surface area contributed by atoms with Crippen LogP contribution in [0.3, 0.4) is 0 Å². The molecule has 0 spiro atoms. The molecule has 2 unspecified atom stereocenters. The van der Waals surface area contributed by atoms with Gasteiger partial charge in [-0.05, 0) is 54.0 Å². The van der Waals surface area contributed by atoms with Gasteiger partial charge in [-0.3, -0.25) is 9.59 Å². The molecule has 1 aromatic rings. The first-order chi connectivity index (χ1) is 9.08. The summed E-state index contributed by atoms with van der Waals surface area (Å²) in [5, 5.41) is 12.0. The Morgan fingerprint density at radius 3 is 2.68 bits per heavy atom. The number of nitrogens with one attached hydrogen (secondary N) is 1. The smallest absolute Gasteiger partial charge is 0.306 e. The molecule has 1 aliphatic carbocycles. The van der Waals surface area contributed by atoms with E-state index in [0.717, 1.165) is 16.4 Å². The third-order valence-corrected chi connectivity index (χ3v) is 4.42. The van der Waals surface area contributed by atoms with Gasteiger partial charge in [-0.25, -0.2) is 0 Å². The van der Waals surface area contributed by atoms with Crippen molar-refractivity contribution in [3.63, 3.8) is 0 Å². The SMILES string of the molecule is O=C(NC1CCCC(C(=O)O)C1)c1ccccc1I. The lowest BCUT2D eigenvalue weighted by Crippen LogP contribution is -2.40. The van der Waals surface area contributed by atoms with Gasteiger partial charge in [0.1, 0.15) is 0 Å². The van der Waals surface area contributed by atoms with E-state index >= 15 is 0 Å². The number of benzene rings is 1. The molecule has 2 atom stereocenters. The third kappa shape index (κ3) is 3.68. The summed E-state index contributed by atoms with van der Waals surface area (Å²) in [5.41, 5.74) is 0.653. The third-order valence-electron chi connectivity index (χ3n) is 3.48. The first-order valence-electron chi connectivity index (χ1n) is 6.36. The second-order valence-corrected chi connectivity index (χ2v) is 6.01. The number of hydrogen-bond donors (Lipinski definition) is 2. The summed E-state index contributed by atoms with van der Waals surface area (Å²) >= 11 is 2.13. The van der Waals surface area contributed by atoms with Crippen molar-refractivity contribution in [3.05, 3.63) is 33.4 Å². The van der Waals surface area contributed by atoms with Crippen LogP contribution in [0.25, 0.3) is 0 Å². The molecule has 2 rings (SSSR count). The van der Waals surface area contributed by atoms with Gasteiger partial charge in [0.05, 0.1) is 11.5 Å². The van der Waals surface area contributed by atoms with E-state index in [1.807, 2.05) is 18.2 Å². The summed E-state index contributed by atoms with van der Waals surface area (Å²) in [6.07, 6.45) is 2.96. The Labute approximate surface area is 125 Å². The number of amides is 1. The molecule has 1 fully saturated rings. The number of carboxylic acids is 1. The fourth-order valence-electron chi connectivity index (χ4n) is 2.45. The number of aliphatic carboxylic acids is 1. The van der Waals surface area contributed by atoms with E-state index in [-0.39, 0.29) is 17.9 Å². The highest BCUT2D eigenvalue weighted by molar-refractivity contribution is 14.1. The predicted octanol–water partition coefficient (Wildman–Crippen LogP) is 2.66. The number of carboxylic acid groups (broad SMARTS) is 1. The van der Waals surface area contributed by atoms with Crippen LogP contribution in [0, 0.1) is 9.49 Å². The molecule has 1 aromatic carbocycles. The summed E-state index contributed by atoms with van der Waals surface area (Å²) in [5.74, 6) is -1.19. The zero-order valence-electron chi connectivity index (χ0n) is 10.4. The van der Waals surface area contributed by atoms with E-state index in [0.29, 0.717) is 18.4 Å². The molecule has 0 radical (unpaired) electrons. The van der Waals surface area contributed by atoms with Gasteiger partial charge in [-0.2, -0.15) is 0 Å². The van der Waals surface area contributed by atoms with Crippen molar-refractivity contribution in [3.8, 4) is 0 Å². The lowest BCUT2D eigenvalue weighted by atomic mass is 9.85. The second-order valence-electron chi connectivity index (χ2n) is 4.85. The van der Waals surface area contributed by atoms with E-state index < -0.39 is 5.97 Å². The number of hydrogen-bond acceptors (Lipinski definition) is 2. The summed E-state index contributed by atoms with van der Waals surface area (Å²) in [7, 11) is 0. The summed E-state index contributed by atoms with van der Waals surface area (Å²) in [6, 6.07) is 7.36. The van der Waals surface area contributed by atoms with Crippen molar-refractivity contribution in [2.75, 3.05) is 0 Å². The molecule has 1 saturated carbocycles. The molecule has 1 aliphatic rings. The van der Waals surface area contributed by atoms with E-state index in [1.165, 1.54) is 0 Å². The van der Waals surface area contributed by atoms with Crippen molar-refractivity contribution in [1.82, 2.24) is 5.32 Å². The highest BCUT2D eigenvalue weighted by Gasteiger charge is 2.28. The topological polar surface area (TPSA) is 66.4 Å². The van der Waals surface area contributed by atoms with Crippen LogP contribution in [-0.2, 0) is 4.79 Å². The molecule has 0 saturated heterocycles. The maximum atomic E-state index is 12.1. The zero-order valence-corrected chi connectivity index (χ0v) is 12.6. The Balaban J connectivity index is 1.99. The largest absolute Gasteiger partial charge is 0.481 e. The van der Waals surface area contributed by atoms with E-state index in [4.69, 9.17) is 5.11 Å². The zero-order chi connectivity index (χ0) is 13.8. The average molecular weight is 373 g/mol. The minimum Gasteiger partial charge on any atom is -0.481 e. The first kappa shape index (κ1) is 14.3. The van der Waals surface area contributed by atoms with Gasteiger partial charge in [-0.15, -0.1) is 0 Å². The Hall–Kier alpha value is -1.11. The molecule has 1 amide bonds. The van der Waals surface area contributed by atoms with Crippen LogP contribution >= 0.6 is 22.6 Å². The van der Waals surface area contributed by atoms with Crippen molar-refractivity contribution in [1.29, 1.82) is 0 Å². The fraction of sp³-hybridized carbons (Fsp3) is 0.429. The van der Waals surface area contributed by atoms with Gasteiger partial charge in [0.25, 0.3) is 5.91 Å². The Kier molecular flexibility index (Phi) is 4.79. The number of rotatable bonds is 3. The molecule has 0 heterocycles. The Morgan fingerprint density at radius 2 is 2.00 bits per heavy atom. The average Bonchev–Trinajstić information content (AvgIpc) is 2.39. The maximum absolute atomic E-state index is 12.1. The summed E-state index contributed by atoms with van der Waals surface area (Å²) in [6.45, 7) is 0.